The molecular weight excluding hydrogens is 228 g/mol. The van der Waals surface area contributed by atoms with Crippen molar-refractivity contribution in [3.05, 3.63) is 27.2 Å². The smallest absolute Gasteiger partial charge is 0.329 e. The highest BCUT2D eigenvalue weighted by Gasteiger charge is 2.31. The van der Waals surface area contributed by atoms with Gasteiger partial charge >= 0.3 is 11.7 Å². The van der Waals surface area contributed by atoms with Crippen LogP contribution in [0.15, 0.2) is 15.9 Å². The maximum atomic E-state index is 11.4. The van der Waals surface area contributed by atoms with Gasteiger partial charge < -0.3 is 5.11 Å². The van der Waals surface area contributed by atoms with Crippen molar-refractivity contribution in [1.82, 2.24) is 19.5 Å². The molecule has 0 radical (unpaired) electrons. The summed E-state index contributed by atoms with van der Waals surface area (Å²) < 4.78 is 1.24. The third-order valence-electron chi connectivity index (χ3n) is 2.57. The van der Waals surface area contributed by atoms with E-state index in [1.165, 1.54) is 24.7 Å². The molecule has 0 aromatic carbocycles. The van der Waals surface area contributed by atoms with Gasteiger partial charge in [-0.15, -0.1) is 0 Å². The van der Waals surface area contributed by atoms with Crippen LogP contribution >= 0.6 is 0 Å². The number of hydrogen-bond donors (Lipinski definition) is 3. The van der Waals surface area contributed by atoms with Crippen molar-refractivity contribution < 1.29 is 9.90 Å². The third-order valence-corrected chi connectivity index (χ3v) is 2.57. The number of nitrogens with zero attached hydrogens (tertiary/aromatic N) is 2. The van der Waals surface area contributed by atoms with E-state index >= 15 is 0 Å². The van der Waals surface area contributed by atoms with E-state index in [1.807, 2.05) is 4.98 Å². The van der Waals surface area contributed by atoms with Crippen molar-refractivity contribution >= 4 is 17.1 Å². The Hall–Kier alpha value is -2.38. The van der Waals surface area contributed by atoms with E-state index in [0.717, 1.165) is 0 Å². The highest BCUT2D eigenvalue weighted by molar-refractivity contribution is 5.79. The van der Waals surface area contributed by atoms with Gasteiger partial charge in [0.1, 0.15) is 11.2 Å². The van der Waals surface area contributed by atoms with Gasteiger partial charge in [0.2, 0.25) is 0 Å². The van der Waals surface area contributed by atoms with Gasteiger partial charge in [0, 0.05) is 0 Å². The molecular formula is C9H10N4O4. The number of hydrogen-bond acceptors (Lipinski definition) is 4. The fraction of sp³-hybridized carbons (Fsp3) is 0.333. The van der Waals surface area contributed by atoms with Crippen LogP contribution in [0, 0.1) is 0 Å². The Morgan fingerprint density at radius 3 is 2.65 bits per heavy atom. The molecule has 0 bridgehead atoms. The number of rotatable bonds is 2. The van der Waals surface area contributed by atoms with Gasteiger partial charge in [0.25, 0.3) is 5.56 Å². The predicted octanol–water partition coefficient (Wildman–Crippen LogP) is -0.767. The first-order valence-electron chi connectivity index (χ1n) is 4.77. The van der Waals surface area contributed by atoms with Gasteiger partial charge in [0.05, 0.1) is 6.33 Å². The summed E-state index contributed by atoms with van der Waals surface area (Å²) in [6, 6.07) is 0. The number of fused-ring (bicyclic) bond motifs is 1. The molecule has 0 amide bonds. The summed E-state index contributed by atoms with van der Waals surface area (Å²) in [5.41, 5.74) is -2.58. The number of aromatic amines is 2. The number of nitrogens with one attached hydrogen (secondary N) is 2. The standard InChI is InChI=1S/C9H10N4O4/c1-9(2,7(15)16)13-3-10-4-5(13)11-8(17)12-6(4)14/h3H,1-2H3,(H,15,16)(H2,11,12,14,17). The van der Waals surface area contributed by atoms with Crippen molar-refractivity contribution in [2.24, 2.45) is 0 Å². The fourth-order valence-corrected chi connectivity index (χ4v) is 1.46. The Labute approximate surface area is 93.9 Å². The minimum Gasteiger partial charge on any atom is -0.480 e. The molecule has 0 saturated carbocycles. The summed E-state index contributed by atoms with van der Waals surface area (Å²) >= 11 is 0. The van der Waals surface area contributed by atoms with E-state index < -0.39 is 22.8 Å². The molecule has 0 aliphatic carbocycles. The van der Waals surface area contributed by atoms with Gasteiger partial charge in [-0.1, -0.05) is 0 Å². The van der Waals surface area contributed by atoms with Crippen LogP contribution in [0.1, 0.15) is 13.8 Å². The van der Waals surface area contributed by atoms with E-state index in [4.69, 9.17) is 5.11 Å². The van der Waals surface area contributed by atoms with Crippen LogP contribution in [0.2, 0.25) is 0 Å². The fourth-order valence-electron chi connectivity index (χ4n) is 1.46. The van der Waals surface area contributed by atoms with Crippen LogP contribution in [0.4, 0.5) is 0 Å². The summed E-state index contributed by atoms with van der Waals surface area (Å²) in [7, 11) is 0. The SMILES string of the molecule is CC(C)(C(=O)O)n1cnc2c(=O)[nH]c(=O)[nH]c21. The van der Waals surface area contributed by atoms with Crippen molar-refractivity contribution in [1.29, 1.82) is 0 Å². The second kappa shape index (κ2) is 3.30. The molecule has 8 heteroatoms. The molecule has 0 fully saturated rings. The first-order valence-corrected chi connectivity index (χ1v) is 4.77. The largest absolute Gasteiger partial charge is 0.480 e. The Kier molecular flexibility index (Phi) is 2.16. The molecule has 2 rings (SSSR count). The molecule has 0 aliphatic rings. The van der Waals surface area contributed by atoms with Crippen molar-refractivity contribution in [3.63, 3.8) is 0 Å². The number of aromatic nitrogens is 4. The normalized spacial score (nSPS) is 11.9. The Balaban J connectivity index is 2.86. The number of imidazole rings is 1. The number of carbonyl (C=O) groups is 1. The Morgan fingerprint density at radius 1 is 1.41 bits per heavy atom. The van der Waals surface area contributed by atoms with Crippen LogP contribution in [-0.4, -0.2) is 30.6 Å². The zero-order chi connectivity index (χ0) is 12.8. The van der Waals surface area contributed by atoms with Crippen LogP contribution in [0.5, 0.6) is 0 Å². The first-order chi connectivity index (χ1) is 7.84. The summed E-state index contributed by atoms with van der Waals surface area (Å²) in [6.45, 7) is 2.88. The zero-order valence-electron chi connectivity index (χ0n) is 9.14. The van der Waals surface area contributed by atoms with Gasteiger partial charge in [-0.25, -0.2) is 14.6 Å². The predicted molar refractivity (Wildman–Crippen MR) is 57.9 cm³/mol. The molecule has 17 heavy (non-hydrogen) atoms. The topological polar surface area (TPSA) is 121 Å². The van der Waals surface area contributed by atoms with E-state index in [1.54, 1.807) is 0 Å². The maximum absolute atomic E-state index is 11.4. The van der Waals surface area contributed by atoms with Gasteiger partial charge in [-0.05, 0) is 13.8 Å². The molecule has 0 saturated heterocycles. The summed E-state index contributed by atoms with van der Waals surface area (Å²) in [5, 5.41) is 9.08. The lowest BCUT2D eigenvalue weighted by atomic mass is 10.1. The molecule has 2 heterocycles. The van der Waals surface area contributed by atoms with Crippen LogP contribution in [0.3, 0.4) is 0 Å². The summed E-state index contributed by atoms with van der Waals surface area (Å²) in [5.74, 6) is -1.10. The number of carboxylic acid groups (broad SMARTS) is 1. The number of H-pyrrole nitrogens is 2. The first kappa shape index (κ1) is 11.1. The molecule has 90 valence electrons. The second-order valence-corrected chi connectivity index (χ2v) is 4.08. The molecule has 8 nitrogen and oxygen atoms in total. The molecule has 2 aromatic heterocycles. The molecule has 0 aliphatic heterocycles. The van der Waals surface area contributed by atoms with Gasteiger partial charge in [-0.3, -0.25) is 19.3 Å². The molecule has 3 N–H and O–H groups in total. The van der Waals surface area contributed by atoms with Crippen LogP contribution in [-0.2, 0) is 10.3 Å². The maximum Gasteiger partial charge on any atom is 0.329 e. The summed E-state index contributed by atoms with van der Waals surface area (Å²) in [4.78, 5) is 41.8. The zero-order valence-corrected chi connectivity index (χ0v) is 9.14. The molecule has 0 spiro atoms. The Bertz CT molecular complexity index is 706. The minimum atomic E-state index is -1.31. The quantitative estimate of drug-likeness (QED) is 0.634. The lowest BCUT2D eigenvalue weighted by Gasteiger charge is -2.21. The van der Waals surface area contributed by atoms with E-state index in [0.29, 0.717) is 0 Å². The minimum absolute atomic E-state index is 0.000995. The monoisotopic (exact) mass is 238 g/mol. The van der Waals surface area contributed by atoms with Crippen LogP contribution < -0.4 is 11.2 Å². The highest BCUT2D eigenvalue weighted by Crippen LogP contribution is 2.18. The van der Waals surface area contributed by atoms with Crippen molar-refractivity contribution in [3.8, 4) is 0 Å². The van der Waals surface area contributed by atoms with E-state index in [9.17, 15) is 14.4 Å². The average molecular weight is 238 g/mol. The number of aliphatic carboxylic acids is 1. The average Bonchev–Trinajstić information content (AvgIpc) is 2.61. The van der Waals surface area contributed by atoms with Crippen LogP contribution in [0.25, 0.3) is 11.2 Å². The number of carboxylic acids is 1. The van der Waals surface area contributed by atoms with E-state index in [2.05, 4.69) is 9.97 Å². The van der Waals surface area contributed by atoms with E-state index in [-0.39, 0.29) is 11.2 Å². The molecule has 0 unspecified atom stereocenters. The molecule has 2 aromatic rings. The lowest BCUT2D eigenvalue weighted by molar-refractivity contribution is -0.145. The lowest BCUT2D eigenvalue weighted by Crippen LogP contribution is -2.36. The molecule has 0 atom stereocenters. The van der Waals surface area contributed by atoms with Crippen molar-refractivity contribution in [2.75, 3.05) is 0 Å². The van der Waals surface area contributed by atoms with Crippen molar-refractivity contribution in [2.45, 2.75) is 19.4 Å². The summed E-state index contributed by atoms with van der Waals surface area (Å²) in [6.07, 6.45) is 1.21. The third kappa shape index (κ3) is 1.53. The van der Waals surface area contributed by atoms with Gasteiger partial charge in [-0.2, -0.15) is 0 Å². The second-order valence-electron chi connectivity index (χ2n) is 4.08. The Morgan fingerprint density at radius 2 is 2.06 bits per heavy atom. The highest BCUT2D eigenvalue weighted by atomic mass is 16.4. The van der Waals surface area contributed by atoms with Gasteiger partial charge in [0.15, 0.2) is 5.52 Å².